The molecule has 1 fully saturated rings. The molecule has 0 bridgehead atoms. The minimum atomic E-state index is -1.34. The van der Waals surface area contributed by atoms with Crippen molar-refractivity contribution < 1.29 is 20.1 Å². The van der Waals surface area contributed by atoms with Crippen LogP contribution in [0, 0.1) is 0 Å². The molecule has 3 aromatic rings. The maximum absolute atomic E-state index is 10.6. The number of fused-ring (bicyclic) bond motifs is 1. The van der Waals surface area contributed by atoms with Crippen LogP contribution in [0.3, 0.4) is 0 Å². The van der Waals surface area contributed by atoms with Gasteiger partial charge in [0.25, 0.3) is 0 Å². The Morgan fingerprint density at radius 2 is 1.93 bits per heavy atom. The monoisotopic (exact) mass is 406 g/mol. The molecule has 0 radical (unpaired) electrons. The van der Waals surface area contributed by atoms with Gasteiger partial charge in [-0.2, -0.15) is 5.10 Å². The summed E-state index contributed by atoms with van der Waals surface area (Å²) in [7, 11) is 1.63. The van der Waals surface area contributed by atoms with Gasteiger partial charge in [-0.1, -0.05) is 23.7 Å². The van der Waals surface area contributed by atoms with E-state index in [1.165, 1.54) is 22.2 Å². The van der Waals surface area contributed by atoms with E-state index in [1.807, 2.05) is 0 Å². The zero-order valence-electron chi connectivity index (χ0n) is 14.8. The minimum absolute atomic E-state index is 0.375. The Hall–Kier alpha value is -2.34. The van der Waals surface area contributed by atoms with Gasteiger partial charge < -0.3 is 20.1 Å². The number of anilines is 1. The lowest BCUT2D eigenvalue weighted by molar-refractivity contribution is -0.0884. The van der Waals surface area contributed by atoms with Crippen molar-refractivity contribution in [1.29, 1.82) is 0 Å². The zero-order chi connectivity index (χ0) is 20.0. The van der Waals surface area contributed by atoms with Crippen LogP contribution in [0.1, 0.15) is 17.9 Å². The summed E-state index contributed by atoms with van der Waals surface area (Å²) < 4.78 is 7.14. The van der Waals surface area contributed by atoms with Gasteiger partial charge in [-0.05, 0) is 17.7 Å². The third-order valence-corrected chi connectivity index (χ3v) is 5.00. The number of hydrogen-bond acceptors (Lipinski definition) is 9. The number of aromatic nitrogens is 4. The first-order chi connectivity index (χ1) is 13.4. The molecule has 28 heavy (non-hydrogen) atoms. The van der Waals surface area contributed by atoms with E-state index in [-0.39, 0.29) is 0 Å². The molecule has 1 saturated heterocycles. The van der Waals surface area contributed by atoms with Gasteiger partial charge in [-0.3, -0.25) is 5.01 Å². The Bertz CT molecular complexity index is 981. The van der Waals surface area contributed by atoms with Crippen LogP contribution in [0.15, 0.2) is 36.8 Å². The predicted octanol–water partition coefficient (Wildman–Crippen LogP) is 0.142. The highest BCUT2D eigenvalue weighted by atomic mass is 35.5. The molecule has 0 saturated carbocycles. The SMILES string of the molecule is CN(N)c1ncnc2c1cnn2[C@@H]1O[C@H](C(O)c2ccc(Cl)cc2)[C@@H](O)[C@H]1O. The van der Waals surface area contributed by atoms with Gasteiger partial charge in [-0.15, -0.1) is 0 Å². The molecule has 3 heterocycles. The normalized spacial score (nSPS) is 25.9. The smallest absolute Gasteiger partial charge is 0.181 e. The summed E-state index contributed by atoms with van der Waals surface area (Å²) in [6.45, 7) is 0. The molecule has 2 aromatic heterocycles. The van der Waals surface area contributed by atoms with Gasteiger partial charge in [0, 0.05) is 12.1 Å². The lowest BCUT2D eigenvalue weighted by atomic mass is 9.99. The van der Waals surface area contributed by atoms with Crippen LogP contribution in [0.5, 0.6) is 0 Å². The fourth-order valence-corrected chi connectivity index (χ4v) is 3.44. The molecular weight excluding hydrogens is 388 g/mol. The lowest BCUT2D eigenvalue weighted by Gasteiger charge is -2.21. The second-order valence-electron chi connectivity index (χ2n) is 6.60. The Balaban J connectivity index is 1.66. The van der Waals surface area contributed by atoms with Crippen molar-refractivity contribution in [2.75, 3.05) is 12.1 Å². The molecule has 11 heteroatoms. The van der Waals surface area contributed by atoms with E-state index in [2.05, 4.69) is 15.1 Å². The van der Waals surface area contributed by atoms with Crippen LogP contribution >= 0.6 is 11.6 Å². The van der Waals surface area contributed by atoms with Crippen LogP contribution in [0.4, 0.5) is 5.82 Å². The maximum Gasteiger partial charge on any atom is 0.181 e. The van der Waals surface area contributed by atoms with Crippen LogP contribution in [-0.2, 0) is 4.74 Å². The topological polar surface area (TPSA) is 143 Å². The van der Waals surface area contributed by atoms with Crippen molar-refractivity contribution in [3.8, 4) is 0 Å². The van der Waals surface area contributed by atoms with E-state index >= 15 is 0 Å². The Morgan fingerprint density at radius 1 is 1.21 bits per heavy atom. The van der Waals surface area contributed by atoms with E-state index in [0.717, 1.165) is 0 Å². The molecule has 5 N–H and O–H groups in total. The number of nitrogens with two attached hydrogens (primary N) is 1. The highest BCUT2D eigenvalue weighted by Crippen LogP contribution is 2.37. The average Bonchev–Trinajstić information content (AvgIpc) is 3.23. The molecule has 0 amide bonds. The molecule has 5 atom stereocenters. The fourth-order valence-electron chi connectivity index (χ4n) is 3.32. The quantitative estimate of drug-likeness (QED) is 0.351. The van der Waals surface area contributed by atoms with Crippen LogP contribution in [0.25, 0.3) is 11.0 Å². The van der Waals surface area contributed by atoms with Crippen molar-refractivity contribution >= 4 is 28.5 Å². The van der Waals surface area contributed by atoms with Crippen LogP contribution in [0.2, 0.25) is 5.02 Å². The third-order valence-electron chi connectivity index (χ3n) is 4.74. The third kappa shape index (κ3) is 3.09. The molecule has 1 aliphatic heterocycles. The second kappa shape index (κ2) is 7.24. The summed E-state index contributed by atoms with van der Waals surface area (Å²) in [5.41, 5.74) is 0.876. The molecule has 4 rings (SSSR count). The summed E-state index contributed by atoms with van der Waals surface area (Å²) in [5, 5.41) is 38.2. The van der Waals surface area contributed by atoms with E-state index in [4.69, 9.17) is 22.2 Å². The summed E-state index contributed by atoms with van der Waals surface area (Å²) in [6.07, 6.45) is -3.15. The van der Waals surface area contributed by atoms with E-state index < -0.39 is 30.6 Å². The Kier molecular flexibility index (Phi) is 4.91. The first-order valence-corrected chi connectivity index (χ1v) is 8.88. The van der Waals surface area contributed by atoms with Crippen LogP contribution in [-0.4, -0.2) is 60.4 Å². The number of benzene rings is 1. The van der Waals surface area contributed by atoms with Crippen molar-refractivity contribution in [3.63, 3.8) is 0 Å². The maximum atomic E-state index is 10.6. The molecule has 10 nitrogen and oxygen atoms in total. The van der Waals surface area contributed by atoms with Crippen LogP contribution < -0.4 is 10.9 Å². The van der Waals surface area contributed by atoms with Gasteiger partial charge in [0.1, 0.15) is 30.7 Å². The number of ether oxygens (including phenoxy) is 1. The molecule has 148 valence electrons. The highest BCUT2D eigenvalue weighted by Gasteiger charge is 2.48. The number of nitrogens with zero attached hydrogens (tertiary/aromatic N) is 5. The van der Waals surface area contributed by atoms with Crippen molar-refractivity contribution in [2.45, 2.75) is 30.6 Å². The second-order valence-corrected chi connectivity index (χ2v) is 7.04. The van der Waals surface area contributed by atoms with Gasteiger partial charge in [-0.25, -0.2) is 20.5 Å². The summed E-state index contributed by atoms with van der Waals surface area (Å²) in [5.74, 6) is 6.22. The van der Waals surface area contributed by atoms with E-state index in [0.29, 0.717) is 27.4 Å². The average molecular weight is 407 g/mol. The zero-order valence-corrected chi connectivity index (χ0v) is 15.5. The minimum Gasteiger partial charge on any atom is -0.387 e. The summed E-state index contributed by atoms with van der Waals surface area (Å²) >= 11 is 5.87. The first-order valence-electron chi connectivity index (χ1n) is 8.50. The lowest BCUT2D eigenvalue weighted by Crippen LogP contribution is -2.35. The largest absolute Gasteiger partial charge is 0.387 e. The van der Waals surface area contributed by atoms with Crippen molar-refractivity contribution in [3.05, 3.63) is 47.4 Å². The standard InChI is InChI=1S/C17H19ClN6O4/c1-23(19)15-10-6-22-24(16(10)21-7-20-15)17-13(27)12(26)14(28-17)11(25)8-2-4-9(18)5-3-8/h2-7,11-14,17,25-27H,19H2,1H3/t11?,12-,13+,14+,17+/m0/s1. The number of hydrazine groups is 1. The summed E-state index contributed by atoms with van der Waals surface area (Å²) in [6, 6.07) is 6.50. The fraction of sp³-hybridized carbons (Fsp3) is 0.353. The number of halogens is 1. The van der Waals surface area contributed by atoms with E-state index in [9.17, 15) is 15.3 Å². The Labute approximate surface area is 164 Å². The number of rotatable bonds is 4. The van der Waals surface area contributed by atoms with Crippen molar-refractivity contribution in [1.82, 2.24) is 19.7 Å². The molecular formula is C17H19ClN6O4. The van der Waals surface area contributed by atoms with Gasteiger partial charge in [0.15, 0.2) is 17.7 Å². The number of hydrogen-bond donors (Lipinski definition) is 4. The number of aliphatic hydroxyl groups excluding tert-OH is 3. The molecule has 1 aliphatic rings. The predicted molar refractivity (Wildman–Crippen MR) is 100 cm³/mol. The van der Waals surface area contributed by atoms with E-state index in [1.54, 1.807) is 31.3 Å². The Morgan fingerprint density at radius 3 is 2.61 bits per heavy atom. The van der Waals surface area contributed by atoms with Crippen molar-refractivity contribution in [2.24, 2.45) is 5.84 Å². The molecule has 0 aliphatic carbocycles. The summed E-state index contributed by atoms with van der Waals surface area (Å²) in [4.78, 5) is 8.29. The molecule has 0 spiro atoms. The highest BCUT2D eigenvalue weighted by molar-refractivity contribution is 6.30. The van der Waals surface area contributed by atoms with Gasteiger partial charge >= 0.3 is 0 Å². The van der Waals surface area contributed by atoms with Gasteiger partial charge in [0.05, 0.1) is 11.6 Å². The number of aliphatic hydroxyl groups is 3. The molecule has 1 unspecified atom stereocenters. The molecule has 1 aromatic carbocycles. The van der Waals surface area contributed by atoms with Gasteiger partial charge in [0.2, 0.25) is 0 Å². The first kappa shape index (κ1) is 19.0.